The molecule has 0 spiro atoms. The average molecular weight is 291 g/mol. The molecular weight excluding hydrogens is 262 g/mol. The van der Waals surface area contributed by atoms with Crippen molar-refractivity contribution in [1.82, 2.24) is 9.80 Å². The maximum atomic E-state index is 11.8. The summed E-state index contributed by atoms with van der Waals surface area (Å²) in [6.45, 7) is 7.45. The van der Waals surface area contributed by atoms with Gasteiger partial charge in [-0.05, 0) is 26.4 Å². The van der Waals surface area contributed by atoms with E-state index in [1.54, 1.807) is 0 Å². The summed E-state index contributed by atoms with van der Waals surface area (Å²) in [5.41, 5.74) is 5.61. The van der Waals surface area contributed by atoms with Gasteiger partial charge in [0.25, 0.3) is 0 Å². The third-order valence-electron chi connectivity index (χ3n) is 3.82. The molecule has 1 saturated heterocycles. The Morgan fingerprint density at radius 1 is 1.26 bits per heavy atom. The molecule has 6 heteroatoms. The van der Waals surface area contributed by atoms with Crippen LogP contribution < -0.4 is 5.73 Å². The molecular formula is C13H29N3O2S. The fourth-order valence-electron chi connectivity index (χ4n) is 2.72. The van der Waals surface area contributed by atoms with Crippen LogP contribution in [0.5, 0.6) is 0 Å². The molecule has 19 heavy (non-hydrogen) atoms. The molecule has 0 aromatic heterocycles. The van der Waals surface area contributed by atoms with E-state index in [0.29, 0.717) is 18.9 Å². The van der Waals surface area contributed by atoms with Gasteiger partial charge in [-0.25, -0.2) is 8.42 Å². The Hall–Kier alpha value is -0.170. The van der Waals surface area contributed by atoms with Gasteiger partial charge in [-0.2, -0.15) is 0 Å². The van der Waals surface area contributed by atoms with Gasteiger partial charge in [-0.3, -0.25) is 4.90 Å². The first-order valence-electron chi connectivity index (χ1n) is 7.01. The van der Waals surface area contributed by atoms with Crippen LogP contribution in [0.25, 0.3) is 0 Å². The molecule has 1 heterocycles. The minimum atomic E-state index is -2.92. The van der Waals surface area contributed by atoms with Crippen LogP contribution in [0.15, 0.2) is 0 Å². The molecule has 0 aromatic carbocycles. The SMILES string of the molecule is CC(C)CN(CCN(C)C)C1(CN)CCS(=O)(=O)C1. The lowest BCUT2D eigenvalue weighted by molar-refractivity contribution is 0.0924. The highest BCUT2D eigenvalue weighted by molar-refractivity contribution is 7.91. The zero-order valence-electron chi connectivity index (χ0n) is 12.7. The minimum absolute atomic E-state index is 0.219. The van der Waals surface area contributed by atoms with Crippen LogP contribution in [0.1, 0.15) is 20.3 Å². The number of sulfone groups is 1. The van der Waals surface area contributed by atoms with Gasteiger partial charge < -0.3 is 10.6 Å². The summed E-state index contributed by atoms with van der Waals surface area (Å²) in [4.78, 5) is 4.43. The predicted octanol–water partition coefficient (Wildman–Crippen LogP) is 0.0220. The summed E-state index contributed by atoms with van der Waals surface area (Å²) in [6.07, 6.45) is 0.673. The topological polar surface area (TPSA) is 66.6 Å². The van der Waals surface area contributed by atoms with E-state index in [1.165, 1.54) is 0 Å². The third-order valence-corrected chi connectivity index (χ3v) is 5.62. The van der Waals surface area contributed by atoms with E-state index < -0.39 is 9.84 Å². The zero-order valence-corrected chi connectivity index (χ0v) is 13.5. The Morgan fingerprint density at radius 2 is 1.89 bits per heavy atom. The van der Waals surface area contributed by atoms with Crippen molar-refractivity contribution < 1.29 is 8.42 Å². The van der Waals surface area contributed by atoms with Crippen molar-refractivity contribution in [1.29, 1.82) is 0 Å². The van der Waals surface area contributed by atoms with Crippen LogP contribution in [0.4, 0.5) is 0 Å². The monoisotopic (exact) mass is 291 g/mol. The maximum Gasteiger partial charge on any atom is 0.152 e. The second-order valence-electron chi connectivity index (χ2n) is 6.41. The molecule has 0 bridgehead atoms. The number of nitrogens with two attached hydrogens (primary N) is 1. The fraction of sp³-hybridized carbons (Fsp3) is 1.00. The Morgan fingerprint density at radius 3 is 2.26 bits per heavy atom. The number of hydrogen-bond donors (Lipinski definition) is 1. The zero-order chi connectivity index (χ0) is 14.7. The van der Waals surface area contributed by atoms with Crippen molar-refractivity contribution in [2.45, 2.75) is 25.8 Å². The average Bonchev–Trinajstić information content (AvgIpc) is 2.61. The van der Waals surface area contributed by atoms with Crippen molar-refractivity contribution in [2.75, 3.05) is 51.8 Å². The lowest BCUT2D eigenvalue weighted by Gasteiger charge is -2.41. The molecule has 1 unspecified atom stereocenters. The second kappa shape index (κ2) is 6.52. The standard InChI is InChI=1S/C13H29N3O2S/c1-12(2)9-16(7-6-15(3)4)13(10-14)5-8-19(17,18)11-13/h12H,5-11,14H2,1-4H3. The van der Waals surface area contributed by atoms with E-state index in [4.69, 9.17) is 5.73 Å². The van der Waals surface area contributed by atoms with Gasteiger partial charge in [0, 0.05) is 31.7 Å². The van der Waals surface area contributed by atoms with Crippen LogP contribution in [0.3, 0.4) is 0 Å². The summed E-state index contributed by atoms with van der Waals surface area (Å²) in [5, 5.41) is 0. The first-order valence-corrected chi connectivity index (χ1v) is 8.83. The van der Waals surface area contributed by atoms with Crippen molar-refractivity contribution in [3.63, 3.8) is 0 Å². The van der Waals surface area contributed by atoms with Gasteiger partial charge in [0.15, 0.2) is 9.84 Å². The highest BCUT2D eigenvalue weighted by Gasteiger charge is 2.45. The first kappa shape index (κ1) is 16.9. The lowest BCUT2D eigenvalue weighted by Crippen LogP contribution is -2.57. The van der Waals surface area contributed by atoms with Gasteiger partial charge in [0.2, 0.25) is 0 Å². The van der Waals surface area contributed by atoms with Crippen molar-refractivity contribution in [3.05, 3.63) is 0 Å². The van der Waals surface area contributed by atoms with E-state index in [9.17, 15) is 8.42 Å². The van der Waals surface area contributed by atoms with Gasteiger partial charge in [0.05, 0.1) is 11.5 Å². The summed E-state index contributed by atoms with van der Waals surface area (Å²) < 4.78 is 23.7. The molecule has 114 valence electrons. The van der Waals surface area contributed by atoms with Crippen LogP contribution in [0, 0.1) is 5.92 Å². The quantitative estimate of drug-likeness (QED) is 0.716. The van der Waals surface area contributed by atoms with Crippen LogP contribution in [-0.4, -0.2) is 75.5 Å². The molecule has 1 rings (SSSR count). The number of hydrogen-bond acceptors (Lipinski definition) is 5. The van der Waals surface area contributed by atoms with Gasteiger partial charge in [0.1, 0.15) is 0 Å². The third kappa shape index (κ3) is 4.70. The Kier molecular flexibility index (Phi) is 5.79. The molecule has 1 aliphatic rings. The molecule has 0 saturated carbocycles. The predicted molar refractivity (Wildman–Crippen MR) is 80.0 cm³/mol. The van der Waals surface area contributed by atoms with Gasteiger partial charge in [-0.1, -0.05) is 13.8 Å². The number of nitrogens with zero attached hydrogens (tertiary/aromatic N) is 2. The molecule has 2 N–H and O–H groups in total. The summed E-state index contributed by atoms with van der Waals surface area (Å²) in [6, 6.07) is 0. The summed E-state index contributed by atoms with van der Waals surface area (Å²) in [7, 11) is 1.15. The highest BCUT2D eigenvalue weighted by Crippen LogP contribution is 2.29. The molecule has 0 aromatic rings. The van der Waals surface area contributed by atoms with Crippen molar-refractivity contribution >= 4 is 9.84 Å². The van der Waals surface area contributed by atoms with Crippen molar-refractivity contribution in [3.8, 4) is 0 Å². The summed E-state index contributed by atoms with van der Waals surface area (Å²) in [5.74, 6) is 1.01. The van der Waals surface area contributed by atoms with E-state index in [0.717, 1.165) is 19.6 Å². The highest BCUT2D eigenvalue weighted by atomic mass is 32.2. The minimum Gasteiger partial charge on any atom is -0.329 e. The number of likely N-dealkylation sites (N-methyl/N-ethyl adjacent to an activating group) is 1. The van der Waals surface area contributed by atoms with E-state index in [-0.39, 0.29) is 17.0 Å². The van der Waals surface area contributed by atoms with Gasteiger partial charge in [-0.15, -0.1) is 0 Å². The van der Waals surface area contributed by atoms with E-state index in [2.05, 4.69) is 23.6 Å². The lowest BCUT2D eigenvalue weighted by atomic mass is 9.95. The molecule has 1 atom stereocenters. The van der Waals surface area contributed by atoms with Crippen LogP contribution >= 0.6 is 0 Å². The second-order valence-corrected chi connectivity index (χ2v) is 8.60. The van der Waals surface area contributed by atoms with Crippen LogP contribution in [-0.2, 0) is 9.84 Å². The molecule has 1 fully saturated rings. The Labute approximate surface area is 118 Å². The Bertz CT molecular complexity index is 381. The molecule has 0 amide bonds. The fourth-order valence-corrected chi connectivity index (χ4v) is 4.82. The smallest absolute Gasteiger partial charge is 0.152 e. The molecule has 5 nitrogen and oxygen atoms in total. The molecule has 0 aliphatic carbocycles. The molecule has 0 radical (unpaired) electrons. The molecule has 1 aliphatic heterocycles. The van der Waals surface area contributed by atoms with Gasteiger partial charge >= 0.3 is 0 Å². The normalized spacial score (nSPS) is 26.7. The largest absolute Gasteiger partial charge is 0.329 e. The maximum absolute atomic E-state index is 11.8. The Balaban J connectivity index is 2.87. The van der Waals surface area contributed by atoms with E-state index in [1.807, 2.05) is 14.1 Å². The first-order chi connectivity index (χ1) is 8.71. The van der Waals surface area contributed by atoms with Crippen molar-refractivity contribution in [2.24, 2.45) is 11.7 Å². The van der Waals surface area contributed by atoms with E-state index >= 15 is 0 Å². The summed E-state index contributed by atoms with van der Waals surface area (Å²) >= 11 is 0. The number of rotatable bonds is 7. The van der Waals surface area contributed by atoms with Crippen LogP contribution in [0.2, 0.25) is 0 Å².